The lowest BCUT2D eigenvalue weighted by atomic mass is 10.2. The van der Waals surface area contributed by atoms with Crippen LogP contribution in [0.5, 0.6) is 0 Å². The maximum Gasteiger partial charge on any atom is 0.178 e. The molecule has 0 aliphatic carbocycles. The number of nitrogens with zero attached hydrogens (tertiary/aromatic N) is 2. The summed E-state index contributed by atoms with van der Waals surface area (Å²) in [6, 6.07) is 5.11. The van der Waals surface area contributed by atoms with Gasteiger partial charge in [-0.1, -0.05) is 13.8 Å². The third-order valence-electron chi connectivity index (χ3n) is 3.33. The average Bonchev–Trinajstić information content (AvgIpc) is 3.07. The number of benzene rings is 1. The maximum absolute atomic E-state index is 12.4. The summed E-state index contributed by atoms with van der Waals surface area (Å²) in [4.78, 5) is 4.62. The van der Waals surface area contributed by atoms with Crippen LogP contribution in [0.1, 0.15) is 24.5 Å². The highest BCUT2D eigenvalue weighted by atomic mass is 32.2. The summed E-state index contributed by atoms with van der Waals surface area (Å²) >= 11 is 1.57. The minimum absolute atomic E-state index is 0.0971. The number of hydrogen-bond donors (Lipinski definition) is 1. The Morgan fingerprint density at radius 1 is 1.32 bits per heavy atom. The fourth-order valence-corrected chi connectivity index (χ4v) is 4.67. The molecule has 1 N–H and O–H groups in total. The smallest absolute Gasteiger partial charge is 0.178 e. The van der Waals surface area contributed by atoms with Crippen molar-refractivity contribution < 1.29 is 8.42 Å². The monoisotopic (exact) mass is 335 g/mol. The number of sulfone groups is 1. The molecule has 0 aliphatic rings. The first-order chi connectivity index (χ1) is 10.5. The number of hydrogen-bond acceptors (Lipinski definition) is 5. The first kappa shape index (κ1) is 15.2. The quantitative estimate of drug-likeness (QED) is 0.777. The van der Waals surface area contributed by atoms with Crippen molar-refractivity contribution in [2.45, 2.75) is 25.2 Å². The molecule has 0 atom stereocenters. The highest BCUT2D eigenvalue weighted by Gasteiger charge is 2.18. The van der Waals surface area contributed by atoms with Gasteiger partial charge < -0.3 is 0 Å². The molecule has 0 saturated carbocycles. The molecular formula is C15H17N3O2S2. The van der Waals surface area contributed by atoms with Crippen molar-refractivity contribution in [3.63, 3.8) is 0 Å². The Labute approximate surface area is 133 Å². The highest BCUT2D eigenvalue weighted by molar-refractivity contribution is 7.91. The Bertz CT molecular complexity index is 881. The molecule has 0 bridgehead atoms. The van der Waals surface area contributed by atoms with Crippen LogP contribution in [0.3, 0.4) is 0 Å². The van der Waals surface area contributed by atoms with E-state index < -0.39 is 9.84 Å². The lowest BCUT2D eigenvalue weighted by Crippen LogP contribution is -2.11. The van der Waals surface area contributed by atoms with Gasteiger partial charge >= 0.3 is 0 Å². The van der Waals surface area contributed by atoms with Crippen molar-refractivity contribution in [1.82, 2.24) is 15.2 Å². The molecule has 3 rings (SSSR count). The molecule has 1 aromatic carbocycles. The SMILES string of the molecule is CC(C)CS(=O)(=O)c1ccc2n[nH]c(Cc3nccs3)c2c1. The van der Waals surface area contributed by atoms with Gasteiger partial charge in [0.2, 0.25) is 0 Å². The Balaban J connectivity index is 2.01. The van der Waals surface area contributed by atoms with E-state index in [4.69, 9.17) is 0 Å². The van der Waals surface area contributed by atoms with Gasteiger partial charge in [0.25, 0.3) is 0 Å². The number of fused-ring (bicyclic) bond motifs is 1. The molecule has 7 heteroatoms. The van der Waals surface area contributed by atoms with E-state index in [2.05, 4.69) is 15.2 Å². The van der Waals surface area contributed by atoms with Crippen molar-refractivity contribution >= 4 is 32.1 Å². The topological polar surface area (TPSA) is 75.7 Å². The van der Waals surface area contributed by atoms with Gasteiger partial charge in [0, 0.05) is 29.1 Å². The van der Waals surface area contributed by atoms with E-state index in [1.165, 1.54) is 0 Å². The molecular weight excluding hydrogens is 318 g/mol. The number of H-pyrrole nitrogens is 1. The van der Waals surface area contributed by atoms with Crippen molar-refractivity contribution in [3.05, 3.63) is 40.5 Å². The van der Waals surface area contributed by atoms with Crippen LogP contribution in [0, 0.1) is 5.92 Å². The van der Waals surface area contributed by atoms with Crippen LogP contribution >= 0.6 is 11.3 Å². The Morgan fingerprint density at radius 3 is 2.82 bits per heavy atom. The lowest BCUT2D eigenvalue weighted by molar-refractivity contribution is 0.582. The van der Waals surface area contributed by atoms with Crippen LogP contribution < -0.4 is 0 Å². The van der Waals surface area contributed by atoms with Crippen LogP contribution in [0.25, 0.3) is 10.9 Å². The number of thiazole rings is 1. The van der Waals surface area contributed by atoms with Gasteiger partial charge in [0.05, 0.1) is 21.2 Å². The number of aromatic amines is 1. The third kappa shape index (κ3) is 3.05. The predicted octanol–water partition coefficient (Wildman–Crippen LogP) is 3.04. The lowest BCUT2D eigenvalue weighted by Gasteiger charge is -2.07. The van der Waals surface area contributed by atoms with E-state index in [1.807, 2.05) is 19.2 Å². The van der Waals surface area contributed by atoms with Gasteiger partial charge in [-0.25, -0.2) is 13.4 Å². The second-order valence-electron chi connectivity index (χ2n) is 5.66. The fraction of sp³-hybridized carbons (Fsp3) is 0.333. The number of aromatic nitrogens is 3. The van der Waals surface area contributed by atoms with Gasteiger partial charge in [-0.05, 0) is 24.1 Å². The van der Waals surface area contributed by atoms with Crippen LogP contribution in [0.4, 0.5) is 0 Å². The number of nitrogens with one attached hydrogen (secondary N) is 1. The molecule has 0 radical (unpaired) electrons. The van der Waals surface area contributed by atoms with Crippen LogP contribution in [-0.2, 0) is 16.3 Å². The Morgan fingerprint density at radius 2 is 2.14 bits per heavy atom. The van der Waals surface area contributed by atoms with Gasteiger partial charge in [-0.2, -0.15) is 5.10 Å². The van der Waals surface area contributed by atoms with Gasteiger partial charge in [0.15, 0.2) is 9.84 Å². The van der Waals surface area contributed by atoms with E-state index >= 15 is 0 Å². The molecule has 0 amide bonds. The predicted molar refractivity (Wildman–Crippen MR) is 87.9 cm³/mol. The third-order valence-corrected chi connectivity index (χ3v) is 6.19. The molecule has 0 spiro atoms. The summed E-state index contributed by atoms with van der Waals surface area (Å²) < 4.78 is 24.8. The summed E-state index contributed by atoms with van der Waals surface area (Å²) in [5.41, 5.74) is 1.67. The molecule has 0 fully saturated rings. The molecule has 3 aromatic rings. The van der Waals surface area contributed by atoms with E-state index in [-0.39, 0.29) is 11.7 Å². The Hall–Kier alpha value is -1.73. The van der Waals surface area contributed by atoms with E-state index in [1.54, 1.807) is 35.7 Å². The summed E-state index contributed by atoms with van der Waals surface area (Å²) in [5.74, 6) is 0.248. The molecule has 0 aliphatic heterocycles. The van der Waals surface area contributed by atoms with Crippen LogP contribution in [0.2, 0.25) is 0 Å². The van der Waals surface area contributed by atoms with Crippen molar-refractivity contribution in [2.24, 2.45) is 5.92 Å². The first-order valence-corrected chi connectivity index (χ1v) is 9.57. The molecule has 0 unspecified atom stereocenters. The minimum atomic E-state index is -3.26. The zero-order valence-electron chi connectivity index (χ0n) is 12.4. The van der Waals surface area contributed by atoms with Crippen LogP contribution in [0.15, 0.2) is 34.7 Å². The first-order valence-electron chi connectivity index (χ1n) is 7.04. The van der Waals surface area contributed by atoms with E-state index in [0.29, 0.717) is 11.3 Å². The fourth-order valence-electron chi connectivity index (χ4n) is 2.40. The van der Waals surface area contributed by atoms with Gasteiger partial charge in [-0.15, -0.1) is 11.3 Å². The second kappa shape index (κ2) is 5.81. The average molecular weight is 335 g/mol. The molecule has 22 heavy (non-hydrogen) atoms. The molecule has 0 saturated heterocycles. The molecule has 116 valence electrons. The minimum Gasteiger partial charge on any atom is -0.281 e. The van der Waals surface area contributed by atoms with Crippen molar-refractivity contribution in [2.75, 3.05) is 5.75 Å². The summed E-state index contributed by atoms with van der Waals surface area (Å²) in [7, 11) is -3.26. The zero-order valence-corrected chi connectivity index (χ0v) is 14.0. The summed E-state index contributed by atoms with van der Waals surface area (Å²) in [6.45, 7) is 3.81. The van der Waals surface area contributed by atoms with Gasteiger partial charge in [0.1, 0.15) is 0 Å². The standard InChI is InChI=1S/C15H17N3O2S2/c1-10(2)9-22(19,20)11-3-4-13-12(7-11)14(18-17-13)8-15-16-5-6-21-15/h3-7,10H,8-9H2,1-2H3,(H,17,18). The molecule has 5 nitrogen and oxygen atoms in total. The van der Waals surface area contributed by atoms with Crippen LogP contribution in [-0.4, -0.2) is 29.4 Å². The summed E-state index contributed by atoms with van der Waals surface area (Å²) in [6.07, 6.45) is 2.39. The second-order valence-corrected chi connectivity index (χ2v) is 8.67. The summed E-state index contributed by atoms with van der Waals surface area (Å²) in [5, 5.41) is 11.0. The van der Waals surface area contributed by atoms with E-state index in [9.17, 15) is 8.42 Å². The maximum atomic E-state index is 12.4. The molecule has 2 heterocycles. The molecule has 2 aromatic heterocycles. The van der Waals surface area contributed by atoms with Crippen molar-refractivity contribution in [3.8, 4) is 0 Å². The number of rotatable bonds is 5. The van der Waals surface area contributed by atoms with E-state index in [0.717, 1.165) is 21.6 Å². The highest BCUT2D eigenvalue weighted by Crippen LogP contribution is 2.24. The zero-order chi connectivity index (χ0) is 15.7. The largest absolute Gasteiger partial charge is 0.281 e. The van der Waals surface area contributed by atoms with Crippen molar-refractivity contribution in [1.29, 1.82) is 0 Å². The normalized spacial score (nSPS) is 12.3. The van der Waals surface area contributed by atoms with Gasteiger partial charge in [-0.3, -0.25) is 5.10 Å². The Kier molecular flexibility index (Phi) is 4.01.